The molecule has 0 radical (unpaired) electrons. The Labute approximate surface area is 210 Å². The molecule has 0 aliphatic rings. The summed E-state index contributed by atoms with van der Waals surface area (Å²) < 4.78 is 6.12. The van der Waals surface area contributed by atoms with E-state index in [0.29, 0.717) is 40.0 Å². The van der Waals surface area contributed by atoms with Crippen molar-refractivity contribution >= 4 is 34.9 Å². The zero-order chi connectivity index (χ0) is 25.9. The molecule has 4 N–H and O–H groups in total. The molecule has 0 fully saturated rings. The second kappa shape index (κ2) is 10.7. The molecule has 0 aliphatic heterocycles. The summed E-state index contributed by atoms with van der Waals surface area (Å²) in [5, 5.41) is 12.0. The number of nitrogens with zero attached hydrogens (tertiary/aromatic N) is 4. The van der Waals surface area contributed by atoms with Gasteiger partial charge in [-0.05, 0) is 51.5 Å². The van der Waals surface area contributed by atoms with Gasteiger partial charge in [0.15, 0.2) is 0 Å². The highest BCUT2D eigenvalue weighted by Crippen LogP contribution is 2.42. The van der Waals surface area contributed by atoms with Crippen molar-refractivity contribution in [2.75, 3.05) is 31.8 Å². The summed E-state index contributed by atoms with van der Waals surface area (Å²) in [5.74, 6) is 1.18. The first-order valence-electron chi connectivity index (χ1n) is 11.1. The summed E-state index contributed by atoms with van der Waals surface area (Å²) in [6.45, 7) is 7.82. The normalized spacial score (nSPS) is 11.6. The molecule has 0 spiro atoms. The van der Waals surface area contributed by atoms with Crippen LogP contribution in [0.1, 0.15) is 53.9 Å². The predicted molar refractivity (Wildman–Crippen MR) is 140 cm³/mol. The Balaban J connectivity index is 2.12. The molecule has 1 aromatic carbocycles. The number of rotatable bonds is 8. The van der Waals surface area contributed by atoms with Crippen molar-refractivity contribution in [2.45, 2.75) is 33.7 Å². The molecular formula is C25H30ClN7O2. The molecule has 0 saturated heterocycles. The largest absolute Gasteiger partial charge is 0.493 e. The molecule has 2 aromatic heterocycles. The molecule has 1 unspecified atom stereocenters. The molecule has 10 heteroatoms. The van der Waals surface area contributed by atoms with Crippen molar-refractivity contribution in [3.8, 4) is 17.0 Å². The van der Waals surface area contributed by atoms with Crippen molar-refractivity contribution in [1.82, 2.24) is 19.9 Å². The highest BCUT2D eigenvalue weighted by Gasteiger charge is 2.24. The first-order chi connectivity index (χ1) is 16.6. The van der Waals surface area contributed by atoms with Gasteiger partial charge in [-0.15, -0.1) is 0 Å². The molecule has 0 bridgehead atoms. The van der Waals surface area contributed by atoms with Gasteiger partial charge in [0.05, 0.1) is 29.5 Å². The highest BCUT2D eigenvalue weighted by atomic mass is 35.5. The Bertz CT molecular complexity index is 1260. The average molecular weight is 496 g/mol. The van der Waals surface area contributed by atoms with E-state index in [4.69, 9.17) is 27.5 Å². The standard InChI is InChI=1S/C25H30ClN7O2/c1-7-35-22-17(15(4)32-24-21(14(3)27)23(28)30-12-31-24)10-18(26)13(2)20(22)19-9-8-16(11-29-19)25(34)33(5)6/h8-12,15,27H,7H2,1-6H3,(H3,28,30,31,32). The van der Waals surface area contributed by atoms with Gasteiger partial charge in [-0.3, -0.25) is 9.78 Å². The topological polar surface area (TPSA) is 130 Å². The fourth-order valence-corrected chi connectivity index (χ4v) is 3.97. The number of benzene rings is 1. The average Bonchev–Trinajstić information content (AvgIpc) is 2.81. The zero-order valence-corrected chi connectivity index (χ0v) is 21.5. The molecule has 1 atom stereocenters. The van der Waals surface area contributed by atoms with Crippen LogP contribution >= 0.6 is 11.6 Å². The number of pyridine rings is 1. The number of anilines is 2. The van der Waals surface area contributed by atoms with E-state index in [1.807, 2.05) is 26.8 Å². The number of nitrogens with one attached hydrogen (secondary N) is 2. The Morgan fingerprint density at radius 2 is 2.00 bits per heavy atom. The predicted octanol–water partition coefficient (Wildman–Crippen LogP) is 4.74. The van der Waals surface area contributed by atoms with Crippen LogP contribution in [0.25, 0.3) is 11.3 Å². The number of aromatic nitrogens is 3. The fourth-order valence-electron chi connectivity index (χ4n) is 3.76. The Hall–Kier alpha value is -3.72. The number of carbonyl (C=O) groups excluding carboxylic acids is 1. The maximum atomic E-state index is 12.3. The van der Waals surface area contributed by atoms with Crippen molar-refractivity contribution in [3.05, 3.63) is 58.0 Å². The van der Waals surface area contributed by atoms with Gasteiger partial charge in [0.25, 0.3) is 5.91 Å². The third-order valence-electron chi connectivity index (χ3n) is 5.54. The lowest BCUT2D eigenvalue weighted by atomic mass is 9.96. The third kappa shape index (κ3) is 5.35. The Morgan fingerprint density at radius 3 is 2.57 bits per heavy atom. The van der Waals surface area contributed by atoms with E-state index in [0.717, 1.165) is 16.7 Å². The molecule has 1 amide bonds. The van der Waals surface area contributed by atoms with Crippen LogP contribution in [0.15, 0.2) is 30.7 Å². The van der Waals surface area contributed by atoms with Gasteiger partial charge in [-0.2, -0.15) is 0 Å². The molecule has 35 heavy (non-hydrogen) atoms. The van der Waals surface area contributed by atoms with Crippen molar-refractivity contribution in [3.63, 3.8) is 0 Å². The number of nitrogens with two attached hydrogens (primary N) is 1. The number of amides is 1. The van der Waals surface area contributed by atoms with Crippen LogP contribution in [0.5, 0.6) is 5.75 Å². The van der Waals surface area contributed by atoms with Gasteiger partial charge >= 0.3 is 0 Å². The summed E-state index contributed by atoms with van der Waals surface area (Å²) >= 11 is 6.67. The summed E-state index contributed by atoms with van der Waals surface area (Å²) in [6.07, 6.45) is 2.91. The fraction of sp³-hybridized carbons (Fsp3) is 0.320. The number of ether oxygens (including phenoxy) is 1. The van der Waals surface area contributed by atoms with Crippen LogP contribution < -0.4 is 15.8 Å². The van der Waals surface area contributed by atoms with Crippen LogP contribution in [-0.4, -0.2) is 52.2 Å². The minimum absolute atomic E-state index is 0.128. The monoisotopic (exact) mass is 495 g/mol. The van der Waals surface area contributed by atoms with Crippen molar-refractivity contribution in [2.24, 2.45) is 0 Å². The molecule has 3 aromatic rings. The van der Waals surface area contributed by atoms with Crippen LogP contribution in [0.4, 0.5) is 11.6 Å². The number of hydrogen-bond acceptors (Lipinski definition) is 8. The Morgan fingerprint density at radius 1 is 1.29 bits per heavy atom. The van der Waals surface area contributed by atoms with Crippen LogP contribution in [0, 0.1) is 12.3 Å². The van der Waals surface area contributed by atoms with Gasteiger partial charge < -0.3 is 26.1 Å². The summed E-state index contributed by atoms with van der Waals surface area (Å²) in [7, 11) is 3.39. The third-order valence-corrected chi connectivity index (χ3v) is 5.93. The van der Waals surface area contributed by atoms with E-state index < -0.39 is 0 Å². The van der Waals surface area contributed by atoms with Crippen LogP contribution in [0.3, 0.4) is 0 Å². The second-order valence-corrected chi connectivity index (χ2v) is 8.72. The molecular weight excluding hydrogens is 466 g/mol. The lowest BCUT2D eigenvalue weighted by Crippen LogP contribution is -2.21. The minimum Gasteiger partial charge on any atom is -0.493 e. The van der Waals surface area contributed by atoms with E-state index >= 15 is 0 Å². The molecule has 0 saturated carbocycles. The van der Waals surface area contributed by atoms with Gasteiger partial charge in [0.1, 0.15) is 23.7 Å². The number of carbonyl (C=O) groups is 1. The van der Waals surface area contributed by atoms with E-state index in [1.165, 1.54) is 11.2 Å². The van der Waals surface area contributed by atoms with E-state index in [9.17, 15) is 4.79 Å². The lowest BCUT2D eigenvalue weighted by molar-refractivity contribution is 0.0827. The van der Waals surface area contributed by atoms with Gasteiger partial charge in [0, 0.05) is 42.2 Å². The summed E-state index contributed by atoms with van der Waals surface area (Å²) in [4.78, 5) is 26.7. The van der Waals surface area contributed by atoms with E-state index in [1.54, 1.807) is 39.3 Å². The first kappa shape index (κ1) is 25.9. The van der Waals surface area contributed by atoms with Crippen molar-refractivity contribution in [1.29, 1.82) is 5.41 Å². The van der Waals surface area contributed by atoms with E-state index in [-0.39, 0.29) is 23.5 Å². The molecule has 0 aliphatic carbocycles. The number of hydrogen-bond donors (Lipinski definition) is 3. The first-order valence-corrected chi connectivity index (χ1v) is 11.5. The van der Waals surface area contributed by atoms with Gasteiger partial charge in [0.2, 0.25) is 0 Å². The number of nitrogen functional groups attached to an aromatic ring is 1. The quantitative estimate of drug-likeness (QED) is 0.384. The second-order valence-electron chi connectivity index (χ2n) is 8.31. The van der Waals surface area contributed by atoms with Crippen LogP contribution in [-0.2, 0) is 0 Å². The molecule has 3 rings (SSSR count). The van der Waals surface area contributed by atoms with Gasteiger partial charge in [-0.25, -0.2) is 9.97 Å². The van der Waals surface area contributed by atoms with E-state index in [2.05, 4.69) is 20.3 Å². The minimum atomic E-state index is -0.310. The Kier molecular flexibility index (Phi) is 7.91. The summed E-state index contributed by atoms with van der Waals surface area (Å²) in [6, 6.07) is 5.08. The van der Waals surface area contributed by atoms with Gasteiger partial charge in [-0.1, -0.05) is 11.6 Å². The smallest absolute Gasteiger partial charge is 0.254 e. The zero-order valence-electron chi connectivity index (χ0n) is 20.7. The molecule has 2 heterocycles. The number of halogens is 1. The highest BCUT2D eigenvalue weighted by molar-refractivity contribution is 6.32. The summed E-state index contributed by atoms with van der Waals surface area (Å²) in [5.41, 5.74) is 10.2. The molecule has 9 nitrogen and oxygen atoms in total. The maximum Gasteiger partial charge on any atom is 0.254 e. The molecule has 184 valence electrons. The SMILES string of the molecule is CCOc1c(C(C)Nc2ncnc(N)c2C(C)=N)cc(Cl)c(C)c1-c1ccc(C(=O)N(C)C)cn1. The maximum absolute atomic E-state index is 12.3. The van der Waals surface area contributed by atoms with Crippen LogP contribution in [0.2, 0.25) is 5.02 Å². The van der Waals surface area contributed by atoms with Crippen molar-refractivity contribution < 1.29 is 9.53 Å². The lowest BCUT2D eigenvalue weighted by Gasteiger charge is -2.24.